The lowest BCUT2D eigenvalue weighted by molar-refractivity contribution is -0.150. The van der Waals surface area contributed by atoms with Gasteiger partial charge >= 0.3 is 17.2 Å². The second-order valence-corrected chi connectivity index (χ2v) is 15.0. The fourth-order valence-corrected chi connectivity index (χ4v) is 9.15. The zero-order chi connectivity index (χ0) is 29.4. The summed E-state index contributed by atoms with van der Waals surface area (Å²) in [6.45, 7) is 0. The van der Waals surface area contributed by atoms with Gasteiger partial charge in [0.1, 0.15) is 0 Å². The van der Waals surface area contributed by atoms with Gasteiger partial charge in [-0.05, 0) is 107 Å². The van der Waals surface area contributed by atoms with E-state index in [1.807, 2.05) is 0 Å². The fraction of sp³-hybridized carbons (Fsp3) is 0.318. The Balaban J connectivity index is 1.94. The van der Waals surface area contributed by atoms with Gasteiger partial charge in [-0.3, -0.25) is 14.4 Å². The largest absolute Gasteiger partial charge is 0.743 e. The molecule has 8 nitrogen and oxygen atoms in total. The Labute approximate surface area is 271 Å². The number of ether oxygens (including phenoxy) is 2. The van der Waals surface area contributed by atoms with Crippen LogP contribution < -0.4 is 9.47 Å². The number of esters is 2. The predicted molar refractivity (Wildman–Crippen MR) is 154 cm³/mol. The SMILES string of the molecule is O=C(Oc1c(Br)cc(Br)cc1Br)C1CC(C(=O)Oc2c(Br)cc(Br)cc2Br)CC(C(=O)C(F)(F)S(=O)(=O)[O-])C1. The maximum Gasteiger partial charge on any atom is 0.391 e. The smallest absolute Gasteiger partial charge is 0.391 e. The van der Waals surface area contributed by atoms with Crippen molar-refractivity contribution in [3.8, 4) is 11.5 Å². The van der Waals surface area contributed by atoms with Gasteiger partial charge < -0.3 is 14.0 Å². The van der Waals surface area contributed by atoms with Crippen LogP contribution in [-0.2, 0) is 24.5 Å². The first-order chi connectivity index (χ1) is 17.9. The van der Waals surface area contributed by atoms with Crippen molar-refractivity contribution in [3.63, 3.8) is 0 Å². The van der Waals surface area contributed by atoms with Gasteiger partial charge in [-0.25, -0.2) is 8.42 Å². The summed E-state index contributed by atoms with van der Waals surface area (Å²) < 4.78 is 75.4. The predicted octanol–water partition coefficient (Wildman–Crippen LogP) is 7.51. The Kier molecular flexibility index (Phi) is 11.0. The van der Waals surface area contributed by atoms with E-state index < -0.39 is 63.7 Å². The van der Waals surface area contributed by atoms with Crippen LogP contribution in [0, 0.1) is 17.8 Å². The molecule has 1 saturated carbocycles. The Morgan fingerprint density at radius 3 is 1.33 bits per heavy atom. The molecule has 2 unspecified atom stereocenters. The Morgan fingerprint density at radius 2 is 1.03 bits per heavy atom. The quantitative estimate of drug-likeness (QED) is 0.159. The van der Waals surface area contributed by atoms with Crippen molar-refractivity contribution in [1.29, 1.82) is 0 Å². The van der Waals surface area contributed by atoms with E-state index in [0.717, 1.165) is 0 Å². The van der Waals surface area contributed by atoms with Gasteiger partial charge in [0.2, 0.25) is 5.78 Å². The molecular formula is C22H13Br6F2O8S-. The number of hydrogen-bond acceptors (Lipinski definition) is 8. The molecule has 212 valence electrons. The minimum absolute atomic E-state index is 0.0472. The summed E-state index contributed by atoms with van der Waals surface area (Å²) in [5.74, 6) is -8.46. The molecule has 2 atom stereocenters. The standard InChI is InChI=1S/C22H14Br6F2O8S/c23-11-4-13(25)17(14(26)5-11)37-20(32)9-1-8(19(31)22(29,30)39(34,35)36)2-10(3-9)21(33)38-18-15(27)6-12(24)7-16(18)28/h4-10H,1-3H2,(H,34,35,36)/p-1. The molecular weight excluding hydrogens is 942 g/mol. The van der Waals surface area contributed by atoms with Crippen molar-refractivity contribution in [2.75, 3.05) is 0 Å². The second kappa shape index (κ2) is 12.9. The lowest BCUT2D eigenvalue weighted by Gasteiger charge is -2.33. The van der Waals surface area contributed by atoms with Crippen LogP contribution >= 0.6 is 95.6 Å². The molecule has 0 aliphatic heterocycles. The van der Waals surface area contributed by atoms with Crippen LogP contribution in [0.4, 0.5) is 8.78 Å². The molecule has 0 heterocycles. The van der Waals surface area contributed by atoms with Gasteiger partial charge in [0.15, 0.2) is 21.6 Å². The molecule has 1 aliphatic rings. The van der Waals surface area contributed by atoms with Crippen molar-refractivity contribution in [1.82, 2.24) is 0 Å². The number of rotatable bonds is 7. The monoisotopic (exact) mass is 949 g/mol. The third-order valence-corrected chi connectivity index (χ3v) is 9.78. The Bertz CT molecular complexity index is 1330. The summed E-state index contributed by atoms with van der Waals surface area (Å²) in [6, 6.07) is 6.31. The highest BCUT2D eigenvalue weighted by atomic mass is 79.9. The molecule has 2 aromatic rings. The van der Waals surface area contributed by atoms with E-state index in [1.54, 1.807) is 24.3 Å². The van der Waals surface area contributed by atoms with Crippen LogP contribution in [0.2, 0.25) is 0 Å². The summed E-state index contributed by atoms with van der Waals surface area (Å²) in [5.41, 5.74) is 0. The molecule has 0 amide bonds. The van der Waals surface area contributed by atoms with E-state index in [2.05, 4.69) is 95.6 Å². The maximum atomic E-state index is 14.2. The van der Waals surface area contributed by atoms with Gasteiger partial charge in [0, 0.05) is 14.9 Å². The zero-order valence-corrected chi connectivity index (χ0v) is 29.2. The lowest BCUT2D eigenvalue weighted by atomic mass is 9.73. The highest BCUT2D eigenvalue weighted by Gasteiger charge is 2.52. The fourth-order valence-electron chi connectivity index (χ4n) is 3.90. The highest BCUT2D eigenvalue weighted by molar-refractivity contribution is 9.12. The molecule has 3 rings (SSSR count). The van der Waals surface area contributed by atoms with E-state index in [-0.39, 0.29) is 17.9 Å². The normalized spacial score (nSPS) is 19.9. The van der Waals surface area contributed by atoms with Gasteiger partial charge in [0.25, 0.3) is 0 Å². The summed E-state index contributed by atoms with van der Waals surface area (Å²) in [5, 5.41) is -5.26. The molecule has 0 N–H and O–H groups in total. The third-order valence-electron chi connectivity index (χ3n) is 5.68. The van der Waals surface area contributed by atoms with Crippen LogP contribution in [0.3, 0.4) is 0 Å². The van der Waals surface area contributed by atoms with Crippen LogP contribution in [-0.4, -0.2) is 35.9 Å². The molecule has 17 heteroatoms. The number of carbonyl (C=O) groups is 3. The van der Waals surface area contributed by atoms with Crippen molar-refractivity contribution < 1.29 is 45.6 Å². The van der Waals surface area contributed by atoms with Crippen LogP contribution in [0.25, 0.3) is 0 Å². The molecule has 0 aromatic heterocycles. The van der Waals surface area contributed by atoms with Crippen molar-refractivity contribution in [3.05, 3.63) is 51.1 Å². The average Bonchev–Trinajstić information content (AvgIpc) is 2.81. The number of alkyl halides is 2. The van der Waals surface area contributed by atoms with Crippen LogP contribution in [0.5, 0.6) is 11.5 Å². The van der Waals surface area contributed by atoms with E-state index >= 15 is 0 Å². The minimum atomic E-state index is -6.35. The molecule has 39 heavy (non-hydrogen) atoms. The van der Waals surface area contributed by atoms with Crippen LogP contribution in [0.15, 0.2) is 51.1 Å². The molecule has 0 bridgehead atoms. The first kappa shape index (κ1) is 33.2. The summed E-state index contributed by atoms with van der Waals surface area (Å²) in [7, 11) is -6.35. The topological polar surface area (TPSA) is 127 Å². The number of hydrogen-bond donors (Lipinski definition) is 0. The minimum Gasteiger partial charge on any atom is -0.743 e. The molecule has 2 aromatic carbocycles. The van der Waals surface area contributed by atoms with Crippen molar-refractivity contribution in [2.24, 2.45) is 17.8 Å². The van der Waals surface area contributed by atoms with E-state index in [9.17, 15) is 36.1 Å². The molecule has 1 aliphatic carbocycles. The Morgan fingerprint density at radius 1 is 0.718 bits per heavy atom. The Hall–Kier alpha value is -0.300. The second-order valence-electron chi connectivity index (χ2n) is 8.37. The van der Waals surface area contributed by atoms with Crippen LogP contribution in [0.1, 0.15) is 19.3 Å². The molecule has 0 spiro atoms. The number of ketones is 1. The first-order valence-corrected chi connectivity index (χ1v) is 16.7. The molecule has 0 radical (unpaired) electrons. The van der Waals surface area contributed by atoms with Gasteiger partial charge in [-0.15, -0.1) is 0 Å². The number of Topliss-reactive ketones (excluding diaryl/α,β-unsaturated/α-hetero) is 1. The lowest BCUT2D eigenvalue weighted by Crippen LogP contribution is -2.46. The summed E-state index contributed by atoms with van der Waals surface area (Å²) >= 11 is 19.5. The summed E-state index contributed by atoms with van der Waals surface area (Å²) in [4.78, 5) is 38.8. The number of halogens is 8. The first-order valence-electron chi connectivity index (χ1n) is 10.5. The molecule has 0 saturated heterocycles. The van der Waals surface area contributed by atoms with Gasteiger partial charge in [-0.1, -0.05) is 31.9 Å². The maximum absolute atomic E-state index is 14.2. The van der Waals surface area contributed by atoms with E-state index in [1.165, 1.54) is 0 Å². The van der Waals surface area contributed by atoms with Gasteiger partial charge in [-0.2, -0.15) is 8.78 Å². The van der Waals surface area contributed by atoms with Crippen molar-refractivity contribution >= 4 is 123 Å². The van der Waals surface area contributed by atoms with Gasteiger partial charge in [0.05, 0.1) is 29.7 Å². The highest BCUT2D eigenvalue weighted by Crippen LogP contribution is 2.43. The number of benzene rings is 2. The summed E-state index contributed by atoms with van der Waals surface area (Å²) in [6.07, 6.45) is -1.41. The molecule has 1 fully saturated rings. The third kappa shape index (κ3) is 7.76. The van der Waals surface area contributed by atoms with E-state index in [4.69, 9.17) is 9.47 Å². The van der Waals surface area contributed by atoms with Crippen molar-refractivity contribution in [2.45, 2.75) is 24.5 Å². The zero-order valence-electron chi connectivity index (χ0n) is 18.9. The van der Waals surface area contributed by atoms with E-state index in [0.29, 0.717) is 26.8 Å². The average molecular weight is 955 g/mol. The number of carbonyl (C=O) groups excluding carboxylic acids is 3.